The van der Waals surface area contributed by atoms with Crippen LogP contribution in [0.5, 0.6) is 0 Å². The number of rotatable bonds is 6. The molecular formula is C23H34N4O4S. The number of hydrogen-bond acceptors (Lipinski definition) is 7. The summed E-state index contributed by atoms with van der Waals surface area (Å²) in [4.78, 5) is 37.7. The van der Waals surface area contributed by atoms with Crippen molar-refractivity contribution in [2.45, 2.75) is 84.4 Å². The predicted molar refractivity (Wildman–Crippen MR) is 129 cm³/mol. The Hall–Kier alpha value is -2.42. The Kier molecular flexibility index (Phi) is 6.97. The summed E-state index contributed by atoms with van der Waals surface area (Å²) in [6, 6.07) is 0. The largest absolute Gasteiger partial charge is 0.462 e. The fraction of sp³-hybridized carbons (Fsp3) is 0.652. The van der Waals surface area contributed by atoms with E-state index in [0.29, 0.717) is 24.3 Å². The third-order valence-corrected chi connectivity index (χ3v) is 7.39. The lowest BCUT2D eigenvalue weighted by molar-refractivity contribution is -0.138. The van der Waals surface area contributed by atoms with E-state index in [1.807, 2.05) is 39.2 Å². The number of ether oxygens (including phenoxy) is 1. The molecule has 0 unspecified atom stereocenters. The highest BCUT2D eigenvalue weighted by molar-refractivity contribution is 7.20. The molecule has 176 valence electrons. The molecule has 9 heteroatoms. The molecule has 2 aromatic rings. The van der Waals surface area contributed by atoms with Gasteiger partial charge >= 0.3 is 5.69 Å². The topological polar surface area (TPSA) is 94.7 Å². The molecule has 2 saturated carbocycles. The predicted octanol–water partition coefficient (Wildman–Crippen LogP) is 3.35. The van der Waals surface area contributed by atoms with Gasteiger partial charge in [-0.15, -0.1) is 11.3 Å². The van der Waals surface area contributed by atoms with Crippen LogP contribution in [0.3, 0.4) is 0 Å². The number of fused-ring (bicyclic) bond motifs is 1. The molecule has 2 fully saturated rings. The molecule has 1 N–H and O–H groups in total. The lowest BCUT2D eigenvalue weighted by Gasteiger charge is -2.27. The van der Waals surface area contributed by atoms with Crippen molar-refractivity contribution in [3.8, 4) is 0 Å². The summed E-state index contributed by atoms with van der Waals surface area (Å²) in [6.07, 6.45) is 7.11. The third-order valence-electron chi connectivity index (χ3n) is 6.14. The summed E-state index contributed by atoms with van der Waals surface area (Å²) in [7, 11) is 1.74. The first-order chi connectivity index (χ1) is 15.0. The minimum absolute atomic E-state index is 0.136. The van der Waals surface area contributed by atoms with Crippen LogP contribution in [0.25, 0.3) is 10.2 Å². The van der Waals surface area contributed by atoms with E-state index >= 15 is 0 Å². The molecular weight excluding hydrogens is 428 g/mol. The molecule has 0 amide bonds. The van der Waals surface area contributed by atoms with Gasteiger partial charge in [0, 0.05) is 13.6 Å². The molecule has 0 bridgehead atoms. The third kappa shape index (κ3) is 4.98. The normalized spacial score (nSPS) is 17.6. The number of nitrogens with one attached hydrogen (secondary N) is 1. The minimum atomic E-state index is -0.318. The zero-order valence-corrected chi connectivity index (χ0v) is 20.7. The van der Waals surface area contributed by atoms with Gasteiger partial charge in [-0.25, -0.2) is 4.79 Å². The summed E-state index contributed by atoms with van der Waals surface area (Å²) >= 11 is 1.50. The number of hydrazone groups is 1. The number of thiophene rings is 1. The fourth-order valence-electron chi connectivity index (χ4n) is 3.73. The first-order valence-corrected chi connectivity index (χ1v) is 11.9. The highest BCUT2D eigenvalue weighted by Gasteiger charge is 2.43. The van der Waals surface area contributed by atoms with Crippen LogP contribution in [0.1, 0.15) is 70.2 Å². The van der Waals surface area contributed by atoms with Gasteiger partial charge < -0.3 is 10.2 Å². The summed E-state index contributed by atoms with van der Waals surface area (Å²) < 4.78 is 7.93. The van der Waals surface area contributed by atoms with Crippen molar-refractivity contribution in [1.29, 1.82) is 0 Å². The Morgan fingerprint density at radius 3 is 2.38 bits per heavy atom. The quantitative estimate of drug-likeness (QED) is 0.404. The second-order valence-corrected chi connectivity index (χ2v) is 10.9. The van der Waals surface area contributed by atoms with E-state index in [4.69, 9.17) is 0 Å². The summed E-state index contributed by atoms with van der Waals surface area (Å²) in [5, 5.41) is 4.78. The Balaban J connectivity index is 0.000000360. The van der Waals surface area contributed by atoms with Crippen LogP contribution < -0.4 is 16.7 Å². The summed E-state index contributed by atoms with van der Waals surface area (Å²) in [6.45, 7) is 10.6. The van der Waals surface area contributed by atoms with Gasteiger partial charge in [0.1, 0.15) is 10.4 Å². The van der Waals surface area contributed by atoms with Crippen LogP contribution >= 0.6 is 11.3 Å². The first kappa shape index (κ1) is 24.2. The molecule has 0 saturated heterocycles. The van der Waals surface area contributed by atoms with Crippen molar-refractivity contribution < 1.29 is 9.53 Å². The molecule has 32 heavy (non-hydrogen) atoms. The number of nitrogens with zero attached hydrogens (tertiary/aromatic N) is 3. The number of hydrogen-bond donors (Lipinski definition) is 1. The van der Waals surface area contributed by atoms with Gasteiger partial charge in [-0.2, -0.15) is 5.10 Å². The van der Waals surface area contributed by atoms with Gasteiger partial charge in [0.05, 0.1) is 22.0 Å². The molecule has 0 aromatic carbocycles. The molecule has 0 atom stereocenters. The van der Waals surface area contributed by atoms with Crippen molar-refractivity contribution in [2.75, 3.05) is 7.05 Å². The van der Waals surface area contributed by atoms with Crippen LogP contribution in [-0.2, 0) is 21.6 Å². The van der Waals surface area contributed by atoms with Crippen LogP contribution in [0, 0.1) is 12.8 Å². The smallest absolute Gasteiger partial charge is 0.332 e. The highest BCUT2D eigenvalue weighted by Crippen LogP contribution is 2.41. The zero-order valence-electron chi connectivity index (χ0n) is 19.9. The lowest BCUT2D eigenvalue weighted by Crippen LogP contribution is -2.45. The van der Waals surface area contributed by atoms with Gasteiger partial charge in [0.2, 0.25) is 0 Å². The van der Waals surface area contributed by atoms with E-state index in [9.17, 15) is 14.4 Å². The van der Waals surface area contributed by atoms with Crippen molar-refractivity contribution >= 4 is 34.2 Å². The Labute approximate surface area is 192 Å². The van der Waals surface area contributed by atoms with Gasteiger partial charge in [-0.1, -0.05) is 6.42 Å². The van der Waals surface area contributed by atoms with Crippen LogP contribution in [0.4, 0.5) is 0 Å². The number of aromatic nitrogens is 2. The monoisotopic (exact) mass is 462 g/mol. The van der Waals surface area contributed by atoms with Crippen molar-refractivity contribution in [3.63, 3.8) is 0 Å². The average molecular weight is 463 g/mol. The lowest BCUT2D eigenvalue weighted by atomic mass is 9.85. The first-order valence-electron chi connectivity index (χ1n) is 11.1. The van der Waals surface area contributed by atoms with Crippen LogP contribution in [0.2, 0.25) is 0 Å². The van der Waals surface area contributed by atoms with Crippen LogP contribution in [-0.4, -0.2) is 34.5 Å². The second kappa shape index (κ2) is 9.21. The van der Waals surface area contributed by atoms with E-state index in [-0.39, 0.29) is 22.4 Å². The molecule has 0 aliphatic heterocycles. The second-order valence-electron chi connectivity index (χ2n) is 9.91. The van der Waals surface area contributed by atoms with E-state index in [2.05, 4.69) is 15.3 Å². The van der Waals surface area contributed by atoms with Crippen LogP contribution in [0.15, 0.2) is 14.7 Å². The molecule has 0 radical (unpaired) electrons. The summed E-state index contributed by atoms with van der Waals surface area (Å²) in [5.74, 6) is 0.552. The Morgan fingerprint density at radius 2 is 1.94 bits per heavy atom. The Morgan fingerprint density at radius 1 is 1.28 bits per heavy atom. The number of carbonyl (C=O) groups excluding carboxylic acids is 1. The number of aryl methyl sites for hydroxylation is 1. The molecule has 0 spiro atoms. The van der Waals surface area contributed by atoms with E-state index in [1.165, 1.54) is 35.2 Å². The van der Waals surface area contributed by atoms with Crippen molar-refractivity contribution in [2.24, 2.45) is 11.0 Å². The summed E-state index contributed by atoms with van der Waals surface area (Å²) in [5.41, 5.74) is 2.77. The highest BCUT2D eigenvalue weighted by atomic mass is 32.1. The average Bonchev–Trinajstić information content (AvgIpc) is 3.30. The van der Waals surface area contributed by atoms with Gasteiger partial charge in [-0.3, -0.25) is 18.7 Å². The van der Waals surface area contributed by atoms with Crippen molar-refractivity contribution in [1.82, 2.24) is 14.6 Å². The van der Waals surface area contributed by atoms with Crippen molar-refractivity contribution in [3.05, 3.63) is 31.3 Å². The SMILES string of the molecule is CC(C)(C)OC=O.CN/N=C/c1sc2c(c1C)c(=O)n(C1(C)CC1)c(=O)n2CC1CCC1. The fourth-order valence-corrected chi connectivity index (χ4v) is 4.90. The zero-order chi connectivity index (χ0) is 23.7. The molecule has 2 aliphatic rings. The van der Waals surface area contributed by atoms with E-state index < -0.39 is 0 Å². The molecule has 2 aliphatic carbocycles. The molecule has 8 nitrogen and oxygen atoms in total. The minimum Gasteiger partial charge on any atom is -0.462 e. The molecule has 2 heterocycles. The molecule has 4 rings (SSSR count). The Bertz CT molecular complexity index is 1130. The maximum atomic E-state index is 13.2. The standard InChI is InChI=1S/C18H24N4O2S.C5H10O2/c1-11-13(9-20-19-3)25-16-14(11)15(23)22(18(2)7-8-18)17(24)21(16)10-12-5-4-6-12;1-5(2,3)7-4-6/h9,12,19H,4-8,10H2,1-3H3;4H,1-3H3/b20-9+;. The van der Waals surface area contributed by atoms with Gasteiger partial charge in [0.25, 0.3) is 12.0 Å². The molecule has 2 aromatic heterocycles. The van der Waals surface area contributed by atoms with E-state index in [0.717, 1.165) is 28.1 Å². The number of carbonyl (C=O) groups is 1. The van der Waals surface area contributed by atoms with Gasteiger partial charge in [0.15, 0.2) is 0 Å². The van der Waals surface area contributed by atoms with E-state index in [1.54, 1.807) is 13.3 Å². The maximum absolute atomic E-state index is 13.2. The maximum Gasteiger partial charge on any atom is 0.332 e. The van der Waals surface area contributed by atoms with Gasteiger partial charge in [-0.05, 0) is 71.8 Å².